The second-order valence-corrected chi connectivity index (χ2v) is 4.50. The van der Waals surface area contributed by atoms with Crippen LogP contribution < -0.4 is 10.6 Å². The summed E-state index contributed by atoms with van der Waals surface area (Å²) in [5.74, 6) is -0.561. The largest absolute Gasteiger partial charge is 0.405 e. The van der Waals surface area contributed by atoms with E-state index in [9.17, 15) is 18.0 Å². The Hall–Kier alpha value is -0.820. The molecule has 2 N–H and O–H groups in total. The van der Waals surface area contributed by atoms with Crippen LogP contribution in [0.4, 0.5) is 13.2 Å². The highest BCUT2D eigenvalue weighted by atomic mass is 19.4. The maximum Gasteiger partial charge on any atom is 0.405 e. The van der Waals surface area contributed by atoms with Crippen molar-refractivity contribution in [1.29, 1.82) is 0 Å². The molecular formula is C11H20F3N3O. The summed E-state index contributed by atoms with van der Waals surface area (Å²) in [4.78, 5) is 13.2. The van der Waals surface area contributed by atoms with Gasteiger partial charge in [0.05, 0.1) is 6.54 Å². The highest BCUT2D eigenvalue weighted by Crippen LogP contribution is 2.12. The van der Waals surface area contributed by atoms with Crippen molar-refractivity contribution in [3.8, 4) is 0 Å². The minimum atomic E-state index is -4.34. The molecule has 1 amide bonds. The normalized spacial score (nSPS) is 18.9. The van der Waals surface area contributed by atoms with Crippen molar-refractivity contribution in [1.82, 2.24) is 15.5 Å². The summed E-state index contributed by atoms with van der Waals surface area (Å²) in [7, 11) is 0. The molecule has 0 atom stereocenters. The van der Waals surface area contributed by atoms with Crippen LogP contribution in [-0.2, 0) is 4.79 Å². The third-order valence-electron chi connectivity index (χ3n) is 2.93. The summed E-state index contributed by atoms with van der Waals surface area (Å²) < 4.78 is 35.7. The average molecular weight is 267 g/mol. The fourth-order valence-corrected chi connectivity index (χ4v) is 2.04. The van der Waals surface area contributed by atoms with E-state index in [4.69, 9.17) is 0 Å². The van der Waals surface area contributed by atoms with Crippen LogP contribution in [0.15, 0.2) is 0 Å². The fraction of sp³-hybridized carbons (Fsp3) is 0.909. The zero-order valence-corrected chi connectivity index (χ0v) is 10.5. The summed E-state index contributed by atoms with van der Waals surface area (Å²) >= 11 is 0. The SMILES string of the molecule is CCNC1CCN(CC(=O)NCC(F)(F)F)CC1. The van der Waals surface area contributed by atoms with E-state index < -0.39 is 18.6 Å². The number of amides is 1. The van der Waals surface area contributed by atoms with Gasteiger partial charge in [-0.15, -0.1) is 0 Å². The zero-order chi connectivity index (χ0) is 13.6. The van der Waals surface area contributed by atoms with Gasteiger partial charge in [0.15, 0.2) is 0 Å². The number of rotatable bonds is 5. The first-order valence-electron chi connectivity index (χ1n) is 6.20. The Labute approximate surface area is 105 Å². The number of carbonyl (C=O) groups is 1. The molecule has 0 spiro atoms. The lowest BCUT2D eigenvalue weighted by atomic mass is 10.1. The number of nitrogens with zero attached hydrogens (tertiary/aromatic N) is 1. The first-order valence-corrected chi connectivity index (χ1v) is 6.20. The molecule has 0 aromatic rings. The van der Waals surface area contributed by atoms with Gasteiger partial charge in [-0.05, 0) is 19.4 Å². The van der Waals surface area contributed by atoms with Crippen molar-refractivity contribution in [3.05, 3.63) is 0 Å². The molecule has 7 heteroatoms. The Kier molecular flexibility index (Phi) is 5.87. The monoisotopic (exact) mass is 267 g/mol. The Morgan fingerprint density at radius 2 is 1.94 bits per heavy atom. The summed E-state index contributed by atoms with van der Waals surface area (Å²) in [6.45, 7) is 3.25. The molecule has 1 rings (SSSR count). The van der Waals surface area contributed by atoms with Crippen molar-refractivity contribution < 1.29 is 18.0 Å². The molecule has 0 saturated carbocycles. The van der Waals surface area contributed by atoms with Gasteiger partial charge < -0.3 is 10.6 Å². The van der Waals surface area contributed by atoms with Gasteiger partial charge in [-0.2, -0.15) is 13.2 Å². The molecule has 1 aliphatic heterocycles. The molecule has 1 saturated heterocycles. The molecule has 0 bridgehead atoms. The lowest BCUT2D eigenvalue weighted by molar-refractivity contribution is -0.139. The maximum atomic E-state index is 11.9. The Morgan fingerprint density at radius 3 is 2.44 bits per heavy atom. The minimum absolute atomic E-state index is 0.0505. The van der Waals surface area contributed by atoms with E-state index >= 15 is 0 Å². The summed E-state index contributed by atoms with van der Waals surface area (Å²) in [6.07, 6.45) is -2.48. The van der Waals surface area contributed by atoms with Gasteiger partial charge in [0, 0.05) is 19.1 Å². The predicted octanol–water partition coefficient (Wildman–Crippen LogP) is 0.739. The van der Waals surface area contributed by atoms with E-state index in [1.165, 1.54) is 0 Å². The number of piperidine rings is 1. The lowest BCUT2D eigenvalue weighted by Gasteiger charge is -2.31. The van der Waals surface area contributed by atoms with Crippen LogP contribution in [0.1, 0.15) is 19.8 Å². The molecular weight excluding hydrogens is 247 g/mol. The summed E-state index contributed by atoms with van der Waals surface area (Å²) in [6, 6.07) is 0.462. The second-order valence-electron chi connectivity index (χ2n) is 4.50. The number of nitrogens with one attached hydrogen (secondary N) is 2. The van der Waals surface area contributed by atoms with E-state index in [2.05, 4.69) is 5.32 Å². The first kappa shape index (κ1) is 15.2. The zero-order valence-electron chi connectivity index (χ0n) is 10.5. The van der Waals surface area contributed by atoms with E-state index in [0.717, 1.165) is 32.5 Å². The molecule has 0 aliphatic carbocycles. The highest BCUT2D eigenvalue weighted by molar-refractivity contribution is 5.78. The van der Waals surface area contributed by atoms with Crippen LogP contribution in [0.3, 0.4) is 0 Å². The number of hydrogen-bond donors (Lipinski definition) is 2. The van der Waals surface area contributed by atoms with Gasteiger partial charge in [0.2, 0.25) is 5.91 Å². The van der Waals surface area contributed by atoms with E-state index in [1.807, 2.05) is 17.1 Å². The molecule has 4 nitrogen and oxygen atoms in total. The lowest BCUT2D eigenvalue weighted by Crippen LogP contribution is -2.47. The van der Waals surface area contributed by atoms with Crippen LogP contribution in [0, 0.1) is 0 Å². The van der Waals surface area contributed by atoms with Crippen LogP contribution in [-0.4, -0.2) is 55.7 Å². The molecule has 106 valence electrons. The fourth-order valence-electron chi connectivity index (χ4n) is 2.04. The topological polar surface area (TPSA) is 44.4 Å². The third kappa shape index (κ3) is 6.20. The molecule has 18 heavy (non-hydrogen) atoms. The summed E-state index contributed by atoms with van der Waals surface area (Å²) in [5, 5.41) is 5.21. The number of alkyl halides is 3. The van der Waals surface area contributed by atoms with Crippen LogP contribution in [0.5, 0.6) is 0 Å². The molecule has 1 aliphatic rings. The Morgan fingerprint density at radius 1 is 1.33 bits per heavy atom. The Bertz CT molecular complexity index is 263. The number of carbonyl (C=O) groups excluding carboxylic acids is 1. The van der Waals surface area contributed by atoms with Gasteiger partial charge >= 0.3 is 6.18 Å². The molecule has 1 heterocycles. The van der Waals surface area contributed by atoms with Crippen molar-refractivity contribution in [2.24, 2.45) is 0 Å². The van der Waals surface area contributed by atoms with E-state index in [1.54, 1.807) is 0 Å². The third-order valence-corrected chi connectivity index (χ3v) is 2.93. The molecule has 0 radical (unpaired) electrons. The van der Waals surface area contributed by atoms with Gasteiger partial charge in [-0.1, -0.05) is 6.92 Å². The van der Waals surface area contributed by atoms with Crippen LogP contribution >= 0.6 is 0 Å². The van der Waals surface area contributed by atoms with Crippen molar-refractivity contribution in [3.63, 3.8) is 0 Å². The second kappa shape index (κ2) is 6.94. The number of halogens is 3. The van der Waals surface area contributed by atoms with Gasteiger partial charge in [-0.25, -0.2) is 0 Å². The van der Waals surface area contributed by atoms with Gasteiger partial charge in [0.25, 0.3) is 0 Å². The molecule has 0 unspecified atom stereocenters. The molecule has 0 aromatic carbocycles. The van der Waals surface area contributed by atoms with Crippen LogP contribution in [0.2, 0.25) is 0 Å². The smallest absolute Gasteiger partial charge is 0.346 e. The quantitative estimate of drug-likeness (QED) is 0.772. The predicted molar refractivity (Wildman–Crippen MR) is 62.2 cm³/mol. The maximum absolute atomic E-state index is 11.9. The first-order chi connectivity index (χ1) is 8.40. The van der Waals surface area contributed by atoms with Gasteiger partial charge in [0.1, 0.15) is 6.54 Å². The van der Waals surface area contributed by atoms with Crippen molar-refractivity contribution in [2.45, 2.75) is 32.0 Å². The van der Waals surface area contributed by atoms with Crippen molar-refractivity contribution in [2.75, 3.05) is 32.7 Å². The van der Waals surface area contributed by atoms with Gasteiger partial charge in [-0.3, -0.25) is 9.69 Å². The van der Waals surface area contributed by atoms with E-state index in [-0.39, 0.29) is 6.54 Å². The standard InChI is InChI=1S/C11H20F3N3O/c1-2-15-9-3-5-17(6-4-9)7-10(18)16-8-11(12,13)14/h9,15H,2-8H2,1H3,(H,16,18). The summed E-state index contributed by atoms with van der Waals surface area (Å²) in [5.41, 5.74) is 0. The number of likely N-dealkylation sites (tertiary alicyclic amines) is 1. The Balaban J connectivity index is 2.18. The van der Waals surface area contributed by atoms with Crippen LogP contribution in [0.25, 0.3) is 0 Å². The number of hydrogen-bond acceptors (Lipinski definition) is 3. The molecule has 0 aromatic heterocycles. The average Bonchev–Trinajstić information content (AvgIpc) is 2.29. The minimum Gasteiger partial charge on any atom is -0.346 e. The molecule has 1 fully saturated rings. The highest BCUT2D eigenvalue weighted by Gasteiger charge is 2.28. The van der Waals surface area contributed by atoms with E-state index in [0.29, 0.717) is 6.04 Å². The van der Waals surface area contributed by atoms with Crippen molar-refractivity contribution >= 4 is 5.91 Å².